The summed E-state index contributed by atoms with van der Waals surface area (Å²) in [4.78, 5) is 12.3. The number of carbonyl (C=O) groups is 1. The molecule has 2 atom stereocenters. The lowest BCUT2D eigenvalue weighted by molar-refractivity contribution is 0.0764. The number of rotatable bonds is 4. The number of ether oxygens (including phenoxy) is 1. The highest BCUT2D eigenvalue weighted by Crippen LogP contribution is 2.24. The molecule has 1 aliphatic heterocycles. The first-order chi connectivity index (χ1) is 8.58. The molecule has 1 aromatic rings. The number of hydrogen-bond donors (Lipinski definition) is 0. The van der Waals surface area contributed by atoms with Crippen LogP contribution in [0.5, 0.6) is 0 Å². The molecule has 0 aliphatic carbocycles. The van der Waals surface area contributed by atoms with Crippen LogP contribution in [-0.4, -0.2) is 18.5 Å². The molecule has 0 amide bonds. The molecule has 18 heavy (non-hydrogen) atoms. The predicted molar refractivity (Wildman–Crippen MR) is 72.8 cm³/mol. The van der Waals surface area contributed by atoms with Gasteiger partial charge in [0, 0.05) is 12.2 Å². The minimum atomic E-state index is 0.0425. The lowest BCUT2D eigenvalue weighted by Gasteiger charge is -2.13. The molecule has 0 N–H and O–H groups in total. The van der Waals surface area contributed by atoms with Gasteiger partial charge in [-0.2, -0.15) is 0 Å². The van der Waals surface area contributed by atoms with E-state index in [1.807, 2.05) is 19.1 Å². The average molecular weight is 246 g/mol. The Morgan fingerprint density at radius 1 is 1.33 bits per heavy atom. The summed E-state index contributed by atoms with van der Waals surface area (Å²) in [6.07, 6.45) is 1.98. The highest BCUT2D eigenvalue weighted by Gasteiger charge is 2.31. The van der Waals surface area contributed by atoms with Crippen LogP contribution in [0.4, 0.5) is 0 Å². The Bertz CT molecular complexity index is 406. The Morgan fingerprint density at radius 2 is 2.00 bits per heavy atom. The second-order valence-electron chi connectivity index (χ2n) is 5.63. The van der Waals surface area contributed by atoms with Gasteiger partial charge in [-0.25, -0.2) is 0 Å². The molecule has 0 radical (unpaired) electrons. The molecule has 0 spiro atoms. The molecule has 1 saturated heterocycles. The minimum Gasteiger partial charge on any atom is -0.378 e. The van der Waals surface area contributed by atoms with E-state index in [0.29, 0.717) is 12.5 Å². The third-order valence-electron chi connectivity index (χ3n) is 3.60. The molecule has 1 aromatic carbocycles. The van der Waals surface area contributed by atoms with Crippen molar-refractivity contribution in [2.45, 2.75) is 39.7 Å². The summed E-state index contributed by atoms with van der Waals surface area (Å²) in [7, 11) is 0. The maximum Gasteiger partial charge on any atom is 0.168 e. The van der Waals surface area contributed by atoms with Gasteiger partial charge in [0.25, 0.3) is 0 Å². The van der Waals surface area contributed by atoms with Crippen molar-refractivity contribution in [3.8, 4) is 0 Å². The smallest absolute Gasteiger partial charge is 0.168 e. The fraction of sp³-hybridized carbons (Fsp3) is 0.562. The first-order valence-electron chi connectivity index (χ1n) is 6.82. The van der Waals surface area contributed by atoms with Gasteiger partial charge < -0.3 is 4.74 Å². The fourth-order valence-electron chi connectivity index (χ4n) is 2.57. The molecular weight excluding hydrogens is 224 g/mol. The van der Waals surface area contributed by atoms with E-state index >= 15 is 0 Å². The zero-order valence-corrected chi connectivity index (χ0v) is 11.5. The topological polar surface area (TPSA) is 26.3 Å². The molecule has 1 aliphatic rings. The normalized spacial score (nSPS) is 23.6. The van der Waals surface area contributed by atoms with Gasteiger partial charge in [-0.1, -0.05) is 38.1 Å². The van der Waals surface area contributed by atoms with Crippen LogP contribution in [0, 0.1) is 11.8 Å². The molecule has 2 heteroatoms. The summed E-state index contributed by atoms with van der Waals surface area (Å²) in [5, 5.41) is 0. The molecule has 2 unspecified atom stereocenters. The summed E-state index contributed by atoms with van der Waals surface area (Å²) in [6.45, 7) is 7.11. The second kappa shape index (κ2) is 5.66. The van der Waals surface area contributed by atoms with Crippen LogP contribution in [0.2, 0.25) is 0 Å². The Labute approximate surface area is 109 Å². The van der Waals surface area contributed by atoms with E-state index in [1.165, 1.54) is 5.56 Å². The fourth-order valence-corrected chi connectivity index (χ4v) is 2.57. The maximum absolute atomic E-state index is 12.3. The number of Topliss-reactive ketones (excluding diaryl/α,β-unsaturated/α-hetero) is 1. The van der Waals surface area contributed by atoms with Crippen LogP contribution in [-0.2, 0) is 11.2 Å². The van der Waals surface area contributed by atoms with Crippen molar-refractivity contribution in [1.29, 1.82) is 0 Å². The SMILES string of the molecule is CC(C)Cc1ccc(C(=O)C2CCOC2C)cc1. The summed E-state index contributed by atoms with van der Waals surface area (Å²) in [5.74, 6) is 0.923. The Hall–Kier alpha value is -1.15. The van der Waals surface area contributed by atoms with Gasteiger partial charge in [-0.3, -0.25) is 4.79 Å². The zero-order chi connectivity index (χ0) is 13.1. The van der Waals surface area contributed by atoms with E-state index in [4.69, 9.17) is 4.74 Å². The van der Waals surface area contributed by atoms with E-state index in [0.717, 1.165) is 18.4 Å². The maximum atomic E-state index is 12.3. The molecule has 2 rings (SSSR count). The molecule has 0 saturated carbocycles. The lowest BCUT2D eigenvalue weighted by atomic mass is 9.91. The van der Waals surface area contributed by atoms with Gasteiger partial charge in [-0.05, 0) is 31.2 Å². The Morgan fingerprint density at radius 3 is 2.50 bits per heavy atom. The van der Waals surface area contributed by atoms with Gasteiger partial charge in [0.1, 0.15) is 0 Å². The molecule has 0 bridgehead atoms. The van der Waals surface area contributed by atoms with Gasteiger partial charge in [0.15, 0.2) is 5.78 Å². The van der Waals surface area contributed by atoms with E-state index in [9.17, 15) is 4.79 Å². The van der Waals surface area contributed by atoms with Gasteiger partial charge >= 0.3 is 0 Å². The quantitative estimate of drug-likeness (QED) is 0.760. The monoisotopic (exact) mass is 246 g/mol. The van der Waals surface area contributed by atoms with Crippen LogP contribution in [0.3, 0.4) is 0 Å². The molecule has 0 aromatic heterocycles. The summed E-state index contributed by atoms with van der Waals surface area (Å²) >= 11 is 0. The van der Waals surface area contributed by atoms with E-state index in [-0.39, 0.29) is 17.8 Å². The van der Waals surface area contributed by atoms with Crippen LogP contribution >= 0.6 is 0 Å². The Kier molecular flexibility index (Phi) is 4.18. The zero-order valence-electron chi connectivity index (χ0n) is 11.5. The van der Waals surface area contributed by atoms with Gasteiger partial charge in [0.2, 0.25) is 0 Å². The number of benzene rings is 1. The largest absolute Gasteiger partial charge is 0.378 e. The van der Waals surface area contributed by atoms with Crippen molar-refractivity contribution in [3.05, 3.63) is 35.4 Å². The van der Waals surface area contributed by atoms with Crippen molar-refractivity contribution in [3.63, 3.8) is 0 Å². The van der Waals surface area contributed by atoms with Crippen LogP contribution < -0.4 is 0 Å². The van der Waals surface area contributed by atoms with Crippen molar-refractivity contribution in [1.82, 2.24) is 0 Å². The molecule has 1 fully saturated rings. The van der Waals surface area contributed by atoms with Gasteiger partial charge in [0.05, 0.1) is 12.0 Å². The van der Waals surface area contributed by atoms with Crippen molar-refractivity contribution in [2.75, 3.05) is 6.61 Å². The highest BCUT2D eigenvalue weighted by atomic mass is 16.5. The van der Waals surface area contributed by atoms with Crippen molar-refractivity contribution < 1.29 is 9.53 Å². The molecule has 98 valence electrons. The third-order valence-corrected chi connectivity index (χ3v) is 3.60. The standard InChI is InChI=1S/C16H22O2/c1-11(2)10-13-4-6-14(7-5-13)16(17)15-8-9-18-12(15)3/h4-7,11-12,15H,8-10H2,1-3H3. The minimum absolute atomic E-state index is 0.0425. The van der Waals surface area contributed by atoms with Gasteiger partial charge in [-0.15, -0.1) is 0 Å². The van der Waals surface area contributed by atoms with E-state index in [2.05, 4.69) is 26.0 Å². The van der Waals surface area contributed by atoms with Crippen molar-refractivity contribution in [2.24, 2.45) is 11.8 Å². The second-order valence-corrected chi connectivity index (χ2v) is 5.63. The highest BCUT2D eigenvalue weighted by molar-refractivity contribution is 5.98. The van der Waals surface area contributed by atoms with E-state index in [1.54, 1.807) is 0 Å². The summed E-state index contributed by atoms with van der Waals surface area (Å²) in [5.41, 5.74) is 2.13. The molecule has 1 heterocycles. The first kappa shape index (κ1) is 13.3. The van der Waals surface area contributed by atoms with Crippen LogP contribution in [0.15, 0.2) is 24.3 Å². The number of ketones is 1. The molecular formula is C16H22O2. The third kappa shape index (κ3) is 2.99. The predicted octanol–water partition coefficient (Wildman–Crippen LogP) is 3.49. The molecule has 2 nitrogen and oxygen atoms in total. The average Bonchev–Trinajstić information content (AvgIpc) is 2.75. The van der Waals surface area contributed by atoms with Crippen LogP contribution in [0.25, 0.3) is 0 Å². The van der Waals surface area contributed by atoms with E-state index < -0.39 is 0 Å². The lowest BCUT2D eigenvalue weighted by Crippen LogP contribution is -2.21. The van der Waals surface area contributed by atoms with Crippen molar-refractivity contribution >= 4 is 5.78 Å². The summed E-state index contributed by atoms with van der Waals surface area (Å²) < 4.78 is 5.46. The first-order valence-corrected chi connectivity index (χ1v) is 6.82. The number of carbonyl (C=O) groups excluding carboxylic acids is 1. The van der Waals surface area contributed by atoms with Crippen LogP contribution in [0.1, 0.15) is 43.1 Å². The Balaban J connectivity index is 2.07. The number of hydrogen-bond acceptors (Lipinski definition) is 2. The summed E-state index contributed by atoms with van der Waals surface area (Å²) in [6, 6.07) is 8.08.